The van der Waals surface area contributed by atoms with Crippen LogP contribution in [0.3, 0.4) is 0 Å². The van der Waals surface area contributed by atoms with E-state index in [-0.39, 0.29) is 17.9 Å². The first-order valence-electron chi connectivity index (χ1n) is 12.1. The third-order valence-corrected chi connectivity index (χ3v) is 7.79. The Morgan fingerprint density at radius 3 is 2.74 bits per heavy atom. The summed E-state index contributed by atoms with van der Waals surface area (Å²) in [5, 5.41) is 13.8. The lowest BCUT2D eigenvalue weighted by molar-refractivity contribution is -0.589. The van der Waals surface area contributed by atoms with E-state index in [1.807, 2.05) is 18.3 Å². The number of aromatic amines is 2. The molecule has 5 aromatic rings. The summed E-state index contributed by atoms with van der Waals surface area (Å²) >= 11 is 0. The number of methoxy groups -OCH3 is 2. The van der Waals surface area contributed by atoms with Gasteiger partial charge in [0.1, 0.15) is 29.0 Å². The minimum atomic E-state index is -0.110. The molecule has 7 heteroatoms. The quantitative estimate of drug-likeness (QED) is 0.313. The summed E-state index contributed by atoms with van der Waals surface area (Å²) in [6.07, 6.45) is 4.78. The Balaban J connectivity index is 1.47. The van der Waals surface area contributed by atoms with Crippen molar-refractivity contribution in [2.45, 2.75) is 31.4 Å². The predicted octanol–water partition coefficient (Wildman–Crippen LogP) is 5.34. The minimum absolute atomic E-state index is 0.103. The van der Waals surface area contributed by atoms with Gasteiger partial charge in [0.2, 0.25) is 5.71 Å². The standard InChI is InChI=1S/C28H26N4O3/c1-34-21-13-29-27(28-23(21)15-7-3-4-9-17(15)30-28)19-11-6-10-18-26-24(22(35-2)14-32(18)19)16-8-5-12-20(33)25(16)31-26/h3-5,7-9,12-13,19,22H,6,10-11,14H2,1-2H3,(H2,29,30,33)/p+1/t19-,22?/m1/s1. The van der Waals surface area contributed by atoms with E-state index in [1.165, 1.54) is 5.71 Å². The Morgan fingerprint density at radius 2 is 1.89 bits per heavy atom. The maximum Gasteiger partial charge on any atom is 0.200 e. The SMILES string of the molecule is COc1cnc([C@H]2CCCC3=[N+]2CC(OC)c2c3[nH]c3c(O)cccc23)c2[nH]c3ccccc3c12. The van der Waals surface area contributed by atoms with E-state index in [9.17, 15) is 5.11 Å². The van der Waals surface area contributed by atoms with Crippen molar-refractivity contribution in [3.05, 3.63) is 65.6 Å². The zero-order valence-corrected chi connectivity index (χ0v) is 19.8. The number of nitrogens with zero attached hydrogens (tertiary/aromatic N) is 2. The smallest absolute Gasteiger partial charge is 0.200 e. The van der Waals surface area contributed by atoms with Crippen molar-refractivity contribution < 1.29 is 19.2 Å². The van der Waals surface area contributed by atoms with Crippen LogP contribution in [-0.2, 0) is 4.74 Å². The first kappa shape index (κ1) is 20.5. The Labute approximate surface area is 202 Å². The number of para-hydroxylation sites is 2. The van der Waals surface area contributed by atoms with Gasteiger partial charge in [-0.05, 0) is 18.6 Å². The van der Waals surface area contributed by atoms with E-state index in [4.69, 9.17) is 14.5 Å². The lowest BCUT2D eigenvalue weighted by Gasteiger charge is -2.30. The van der Waals surface area contributed by atoms with Gasteiger partial charge in [-0.1, -0.05) is 30.3 Å². The van der Waals surface area contributed by atoms with Crippen LogP contribution >= 0.6 is 0 Å². The van der Waals surface area contributed by atoms with Gasteiger partial charge in [-0.2, -0.15) is 0 Å². The highest BCUT2D eigenvalue weighted by molar-refractivity contribution is 6.11. The van der Waals surface area contributed by atoms with Gasteiger partial charge in [0.25, 0.3) is 0 Å². The molecule has 3 N–H and O–H groups in total. The van der Waals surface area contributed by atoms with Crippen molar-refractivity contribution in [1.82, 2.24) is 15.0 Å². The average molecular weight is 468 g/mol. The molecule has 0 saturated heterocycles. The Morgan fingerprint density at radius 1 is 1.03 bits per heavy atom. The van der Waals surface area contributed by atoms with Gasteiger partial charge in [0.15, 0.2) is 12.6 Å². The first-order chi connectivity index (χ1) is 17.2. The molecule has 0 radical (unpaired) electrons. The molecule has 0 saturated carbocycles. The number of phenolic OH excluding ortho intramolecular Hbond substituents is 1. The summed E-state index contributed by atoms with van der Waals surface area (Å²) in [4.78, 5) is 12.1. The molecule has 0 fully saturated rings. The zero-order chi connectivity index (χ0) is 23.7. The molecule has 2 atom stereocenters. The Bertz CT molecular complexity index is 1660. The molecule has 7 nitrogen and oxygen atoms in total. The van der Waals surface area contributed by atoms with E-state index in [0.717, 1.165) is 81.2 Å². The number of benzene rings is 2. The Kier molecular flexibility index (Phi) is 4.45. The van der Waals surface area contributed by atoms with Crippen LogP contribution in [0.5, 0.6) is 11.5 Å². The van der Waals surface area contributed by atoms with Crippen LogP contribution in [0, 0.1) is 0 Å². The maximum absolute atomic E-state index is 10.5. The largest absolute Gasteiger partial charge is 0.506 e. The lowest BCUT2D eigenvalue weighted by Crippen LogP contribution is -2.39. The molecular formula is C28H27N4O3+. The second-order valence-corrected chi connectivity index (χ2v) is 9.48. The van der Waals surface area contributed by atoms with E-state index in [0.29, 0.717) is 0 Å². The number of aromatic nitrogens is 3. The van der Waals surface area contributed by atoms with Crippen molar-refractivity contribution in [2.24, 2.45) is 0 Å². The van der Waals surface area contributed by atoms with Gasteiger partial charge < -0.3 is 24.5 Å². The summed E-state index contributed by atoms with van der Waals surface area (Å²) < 4.78 is 14.2. The molecule has 0 amide bonds. The summed E-state index contributed by atoms with van der Waals surface area (Å²) in [6, 6.07) is 14.1. The number of fused-ring (bicyclic) bond motifs is 7. The third kappa shape index (κ3) is 2.82. The van der Waals surface area contributed by atoms with Gasteiger partial charge in [0.05, 0.1) is 29.7 Å². The molecule has 3 aromatic heterocycles. The molecule has 1 unspecified atom stereocenters. The molecule has 2 aromatic carbocycles. The van der Waals surface area contributed by atoms with Crippen molar-refractivity contribution in [2.75, 3.05) is 20.8 Å². The van der Waals surface area contributed by atoms with Crippen molar-refractivity contribution in [3.63, 3.8) is 0 Å². The highest BCUT2D eigenvalue weighted by atomic mass is 16.5. The summed E-state index contributed by atoms with van der Waals surface area (Å²) in [6.45, 7) is 0.738. The van der Waals surface area contributed by atoms with Crippen LogP contribution in [0.15, 0.2) is 48.7 Å². The molecule has 7 rings (SSSR count). The van der Waals surface area contributed by atoms with Crippen LogP contribution in [-0.4, -0.2) is 51.1 Å². The van der Waals surface area contributed by atoms with Gasteiger partial charge in [-0.25, -0.2) is 9.56 Å². The van der Waals surface area contributed by atoms with Gasteiger partial charge in [0, 0.05) is 41.8 Å². The number of pyridine rings is 1. The molecule has 5 heterocycles. The molecular weight excluding hydrogens is 440 g/mol. The maximum atomic E-state index is 10.5. The van der Waals surface area contributed by atoms with Crippen molar-refractivity contribution >= 4 is 38.4 Å². The molecule has 176 valence electrons. The number of H-pyrrole nitrogens is 2. The average Bonchev–Trinajstić information content (AvgIpc) is 3.48. The zero-order valence-electron chi connectivity index (χ0n) is 19.8. The van der Waals surface area contributed by atoms with E-state index in [1.54, 1.807) is 20.3 Å². The highest BCUT2D eigenvalue weighted by Gasteiger charge is 2.43. The monoisotopic (exact) mass is 467 g/mol. The first-order valence-corrected chi connectivity index (χ1v) is 12.1. The molecule has 2 aliphatic heterocycles. The summed E-state index contributed by atoms with van der Waals surface area (Å²) in [7, 11) is 3.46. The second kappa shape index (κ2) is 7.58. The number of aromatic hydroxyl groups is 1. The van der Waals surface area contributed by atoms with Crippen LogP contribution in [0.2, 0.25) is 0 Å². The van der Waals surface area contributed by atoms with Crippen LogP contribution in [0.1, 0.15) is 48.4 Å². The number of phenols is 1. The Hall–Kier alpha value is -3.84. The molecule has 0 aliphatic carbocycles. The topological polar surface area (TPSA) is 86.2 Å². The normalized spacial score (nSPS) is 19.9. The molecule has 0 bridgehead atoms. The molecule has 0 spiro atoms. The fraction of sp³-hybridized carbons (Fsp3) is 0.286. The van der Waals surface area contributed by atoms with E-state index < -0.39 is 0 Å². The number of hydrogen-bond donors (Lipinski definition) is 3. The third-order valence-electron chi connectivity index (χ3n) is 7.79. The van der Waals surface area contributed by atoms with Crippen LogP contribution in [0.25, 0.3) is 32.7 Å². The number of ether oxygens (including phenoxy) is 2. The summed E-state index contributed by atoms with van der Waals surface area (Å²) in [5.74, 6) is 1.05. The van der Waals surface area contributed by atoms with Crippen LogP contribution in [0.4, 0.5) is 0 Å². The minimum Gasteiger partial charge on any atom is -0.506 e. The summed E-state index contributed by atoms with van der Waals surface area (Å²) in [5.41, 5.74) is 7.40. The van der Waals surface area contributed by atoms with Crippen molar-refractivity contribution in [1.29, 1.82) is 0 Å². The fourth-order valence-corrected chi connectivity index (χ4v) is 6.24. The number of rotatable bonds is 3. The predicted molar refractivity (Wildman–Crippen MR) is 136 cm³/mol. The van der Waals surface area contributed by atoms with E-state index in [2.05, 4.69) is 38.8 Å². The van der Waals surface area contributed by atoms with Crippen LogP contribution < -0.4 is 4.74 Å². The molecule has 2 aliphatic rings. The fourth-order valence-electron chi connectivity index (χ4n) is 6.24. The van der Waals surface area contributed by atoms with E-state index >= 15 is 0 Å². The second-order valence-electron chi connectivity index (χ2n) is 9.48. The highest BCUT2D eigenvalue weighted by Crippen LogP contribution is 2.43. The van der Waals surface area contributed by atoms with Gasteiger partial charge >= 0.3 is 0 Å². The van der Waals surface area contributed by atoms with Crippen molar-refractivity contribution in [3.8, 4) is 11.5 Å². The number of nitrogens with one attached hydrogen (secondary N) is 2. The lowest BCUT2D eigenvalue weighted by atomic mass is 9.89. The molecule has 35 heavy (non-hydrogen) atoms. The number of hydrogen-bond acceptors (Lipinski definition) is 4. The van der Waals surface area contributed by atoms with Gasteiger partial charge in [-0.15, -0.1) is 0 Å². The van der Waals surface area contributed by atoms with Gasteiger partial charge in [-0.3, -0.25) is 0 Å².